The van der Waals surface area contributed by atoms with Crippen LogP contribution in [0.2, 0.25) is 0 Å². The van der Waals surface area contributed by atoms with Crippen LogP contribution in [0.1, 0.15) is 23.4 Å². The van der Waals surface area contributed by atoms with Crippen LogP contribution in [0.15, 0.2) is 22.8 Å². The lowest BCUT2D eigenvalue weighted by Gasteiger charge is -2.20. The van der Waals surface area contributed by atoms with Gasteiger partial charge < -0.3 is 14.8 Å². The maximum Gasteiger partial charge on any atom is 0.141 e. The Morgan fingerprint density at radius 3 is 2.70 bits per heavy atom. The normalized spacial score (nSPS) is 12.2. The molecule has 1 unspecified atom stereocenters. The number of hydrogen-bond acceptors (Lipinski definition) is 6. The Balaban J connectivity index is 2.51. The summed E-state index contributed by atoms with van der Waals surface area (Å²) >= 11 is 4.90. The Bertz CT molecular complexity index is 563. The van der Waals surface area contributed by atoms with E-state index < -0.39 is 0 Å². The number of benzene rings is 1. The summed E-state index contributed by atoms with van der Waals surface area (Å²) in [5.74, 6) is 1.49. The van der Waals surface area contributed by atoms with Crippen LogP contribution in [0.25, 0.3) is 0 Å². The van der Waals surface area contributed by atoms with Gasteiger partial charge in [-0.2, -0.15) is 0 Å². The second-order valence-corrected chi connectivity index (χ2v) is 5.63. The third-order valence-corrected chi connectivity index (χ3v) is 4.38. The minimum absolute atomic E-state index is 0.00263. The maximum atomic E-state index is 5.54. The van der Waals surface area contributed by atoms with Crippen molar-refractivity contribution in [3.63, 3.8) is 0 Å². The summed E-state index contributed by atoms with van der Waals surface area (Å²) in [5, 5.41) is 7.34. The van der Waals surface area contributed by atoms with Crippen LogP contribution in [-0.4, -0.2) is 30.4 Å². The van der Waals surface area contributed by atoms with Crippen molar-refractivity contribution >= 4 is 27.5 Å². The molecule has 0 aliphatic rings. The molecule has 1 heterocycles. The summed E-state index contributed by atoms with van der Waals surface area (Å²) in [6.07, 6.45) is 1.77. The molecule has 1 atom stereocenters. The van der Waals surface area contributed by atoms with Gasteiger partial charge >= 0.3 is 0 Å². The topological polar surface area (TPSA) is 56.3 Å². The van der Waals surface area contributed by atoms with Crippen LogP contribution in [0.3, 0.4) is 0 Å². The van der Waals surface area contributed by atoms with Crippen LogP contribution in [0.5, 0.6) is 11.5 Å². The summed E-state index contributed by atoms with van der Waals surface area (Å²) in [4.78, 5) is 1.04. The lowest BCUT2D eigenvalue weighted by molar-refractivity contribution is 0.383. The van der Waals surface area contributed by atoms with Crippen molar-refractivity contribution in [2.75, 3.05) is 20.8 Å². The van der Waals surface area contributed by atoms with E-state index in [2.05, 4.69) is 37.8 Å². The first kappa shape index (κ1) is 15.2. The number of methoxy groups -OCH3 is 2. The van der Waals surface area contributed by atoms with Crippen molar-refractivity contribution in [3.8, 4) is 11.5 Å². The third kappa shape index (κ3) is 2.94. The lowest BCUT2D eigenvalue weighted by atomic mass is 10.0. The summed E-state index contributed by atoms with van der Waals surface area (Å²) in [6, 6.07) is 3.91. The SMILES string of the molecule is CCNC(c1cnns1)c1ccc(OC)c(Br)c1OC. The Morgan fingerprint density at radius 1 is 1.35 bits per heavy atom. The van der Waals surface area contributed by atoms with Crippen LogP contribution in [-0.2, 0) is 0 Å². The molecule has 2 aromatic rings. The van der Waals surface area contributed by atoms with Gasteiger partial charge in [-0.25, -0.2) is 0 Å². The number of rotatable bonds is 6. The molecule has 5 nitrogen and oxygen atoms in total. The largest absolute Gasteiger partial charge is 0.495 e. The standard InChI is InChI=1S/C13H16BrN3O2S/c1-4-15-12(10-7-16-17-20-10)8-5-6-9(18-2)11(14)13(8)19-3/h5-7,12,15H,4H2,1-3H3. The van der Waals surface area contributed by atoms with Gasteiger partial charge in [-0.05, 0) is 46.1 Å². The van der Waals surface area contributed by atoms with Crippen molar-refractivity contribution < 1.29 is 9.47 Å². The van der Waals surface area contributed by atoms with E-state index in [1.807, 2.05) is 12.1 Å². The van der Waals surface area contributed by atoms with Crippen LogP contribution < -0.4 is 14.8 Å². The van der Waals surface area contributed by atoms with Gasteiger partial charge in [0.25, 0.3) is 0 Å². The van der Waals surface area contributed by atoms with Crippen molar-refractivity contribution in [1.82, 2.24) is 14.9 Å². The van der Waals surface area contributed by atoms with E-state index >= 15 is 0 Å². The molecule has 0 amide bonds. The molecule has 0 radical (unpaired) electrons. The zero-order valence-corrected chi connectivity index (χ0v) is 13.9. The number of halogens is 1. The zero-order valence-electron chi connectivity index (χ0n) is 11.5. The molecular weight excluding hydrogens is 342 g/mol. The molecule has 0 saturated heterocycles. The highest BCUT2D eigenvalue weighted by molar-refractivity contribution is 9.10. The van der Waals surface area contributed by atoms with Gasteiger partial charge in [0, 0.05) is 5.56 Å². The quantitative estimate of drug-likeness (QED) is 0.860. The maximum absolute atomic E-state index is 5.54. The fourth-order valence-corrected chi connectivity index (χ4v) is 3.30. The second kappa shape index (κ2) is 7.01. The molecule has 0 saturated carbocycles. The number of ether oxygens (including phenoxy) is 2. The molecule has 2 rings (SSSR count). The van der Waals surface area contributed by atoms with Crippen LogP contribution in [0.4, 0.5) is 0 Å². The molecule has 7 heteroatoms. The van der Waals surface area contributed by atoms with Crippen molar-refractivity contribution in [2.45, 2.75) is 13.0 Å². The third-order valence-electron chi connectivity index (χ3n) is 2.90. The number of aromatic nitrogens is 2. The van der Waals surface area contributed by atoms with E-state index in [1.165, 1.54) is 11.5 Å². The second-order valence-electron chi connectivity index (χ2n) is 4.01. The van der Waals surface area contributed by atoms with Gasteiger partial charge in [0.1, 0.15) is 16.0 Å². The zero-order chi connectivity index (χ0) is 14.5. The van der Waals surface area contributed by atoms with Gasteiger partial charge in [0.15, 0.2) is 0 Å². The van der Waals surface area contributed by atoms with E-state index in [0.29, 0.717) is 0 Å². The average Bonchev–Trinajstić information content (AvgIpc) is 2.98. The molecule has 0 spiro atoms. The first-order valence-electron chi connectivity index (χ1n) is 6.13. The van der Waals surface area contributed by atoms with E-state index in [0.717, 1.165) is 33.0 Å². The Labute approximate surface area is 130 Å². The summed E-state index contributed by atoms with van der Waals surface area (Å²) in [5.41, 5.74) is 1.02. The fraction of sp³-hybridized carbons (Fsp3) is 0.385. The van der Waals surface area contributed by atoms with E-state index in [1.54, 1.807) is 20.4 Å². The minimum atomic E-state index is -0.00263. The molecular formula is C13H16BrN3O2S. The fourth-order valence-electron chi connectivity index (χ4n) is 2.02. The predicted molar refractivity (Wildman–Crippen MR) is 82.7 cm³/mol. The first-order chi connectivity index (χ1) is 9.72. The van der Waals surface area contributed by atoms with Gasteiger partial charge in [-0.15, -0.1) is 5.10 Å². The van der Waals surface area contributed by atoms with Gasteiger partial charge in [-0.1, -0.05) is 11.4 Å². The van der Waals surface area contributed by atoms with Crippen LogP contribution >= 0.6 is 27.5 Å². The molecule has 0 aliphatic heterocycles. The highest BCUT2D eigenvalue weighted by atomic mass is 79.9. The summed E-state index contributed by atoms with van der Waals surface area (Å²) in [6.45, 7) is 2.89. The van der Waals surface area contributed by atoms with Gasteiger partial charge in [0.2, 0.25) is 0 Å². The Kier molecular flexibility index (Phi) is 5.33. The number of nitrogens with one attached hydrogen (secondary N) is 1. The predicted octanol–water partition coefficient (Wildman–Crippen LogP) is 3.02. The van der Waals surface area contributed by atoms with E-state index in [4.69, 9.17) is 9.47 Å². The van der Waals surface area contributed by atoms with Crippen LogP contribution in [0, 0.1) is 0 Å². The highest BCUT2D eigenvalue weighted by Gasteiger charge is 2.22. The molecule has 0 fully saturated rings. The Morgan fingerprint density at radius 2 is 2.15 bits per heavy atom. The molecule has 0 bridgehead atoms. The number of hydrogen-bond donors (Lipinski definition) is 1. The molecule has 1 N–H and O–H groups in total. The van der Waals surface area contributed by atoms with Gasteiger partial charge in [-0.3, -0.25) is 0 Å². The smallest absolute Gasteiger partial charge is 0.141 e. The molecule has 20 heavy (non-hydrogen) atoms. The first-order valence-corrected chi connectivity index (χ1v) is 7.70. The van der Waals surface area contributed by atoms with Crippen molar-refractivity contribution in [1.29, 1.82) is 0 Å². The van der Waals surface area contributed by atoms with Crippen molar-refractivity contribution in [3.05, 3.63) is 33.2 Å². The monoisotopic (exact) mass is 357 g/mol. The lowest BCUT2D eigenvalue weighted by Crippen LogP contribution is -2.21. The summed E-state index contributed by atoms with van der Waals surface area (Å²) < 4.78 is 15.6. The minimum Gasteiger partial charge on any atom is -0.495 e. The molecule has 0 aliphatic carbocycles. The number of nitrogens with zero attached hydrogens (tertiary/aromatic N) is 2. The Hall–Kier alpha value is -1.18. The molecule has 1 aromatic carbocycles. The molecule has 1 aromatic heterocycles. The molecule has 108 valence electrons. The van der Waals surface area contributed by atoms with Crippen molar-refractivity contribution in [2.24, 2.45) is 0 Å². The van der Waals surface area contributed by atoms with E-state index in [9.17, 15) is 0 Å². The highest BCUT2D eigenvalue weighted by Crippen LogP contribution is 2.41. The average molecular weight is 358 g/mol. The summed E-state index contributed by atoms with van der Waals surface area (Å²) in [7, 11) is 3.28. The van der Waals surface area contributed by atoms with E-state index in [-0.39, 0.29) is 6.04 Å². The van der Waals surface area contributed by atoms with Gasteiger partial charge in [0.05, 0.1) is 31.3 Å².